The van der Waals surface area contributed by atoms with E-state index < -0.39 is 0 Å². The van der Waals surface area contributed by atoms with Gasteiger partial charge in [0.15, 0.2) is 5.82 Å². The van der Waals surface area contributed by atoms with Crippen molar-refractivity contribution in [3.8, 4) is 11.6 Å². The third-order valence-electron chi connectivity index (χ3n) is 4.56. The van der Waals surface area contributed by atoms with Crippen molar-refractivity contribution in [2.45, 2.75) is 43.6 Å². The van der Waals surface area contributed by atoms with Gasteiger partial charge < -0.3 is 14.8 Å². The first-order chi connectivity index (χ1) is 9.38. The first-order valence-electron chi connectivity index (χ1n) is 6.96. The van der Waals surface area contributed by atoms with E-state index in [9.17, 15) is 0 Å². The molecular formula is C13H17N5O. The number of rotatable bonds is 2. The molecule has 1 saturated carbocycles. The van der Waals surface area contributed by atoms with Crippen LogP contribution >= 0.6 is 0 Å². The Morgan fingerprint density at radius 2 is 2.32 bits per heavy atom. The lowest BCUT2D eigenvalue weighted by Crippen LogP contribution is -2.43. The van der Waals surface area contributed by atoms with Crippen LogP contribution in [-0.4, -0.2) is 32.7 Å². The summed E-state index contributed by atoms with van der Waals surface area (Å²) in [5.74, 6) is 2.02. The van der Waals surface area contributed by atoms with Crippen LogP contribution in [0.5, 0.6) is 0 Å². The highest BCUT2D eigenvalue weighted by molar-refractivity contribution is 5.41. The van der Waals surface area contributed by atoms with Gasteiger partial charge in [0.25, 0.3) is 0 Å². The van der Waals surface area contributed by atoms with Crippen molar-refractivity contribution in [2.75, 3.05) is 6.54 Å². The molecule has 100 valence electrons. The molecule has 2 N–H and O–H groups in total. The maximum Gasteiger partial charge on any atom is 0.238 e. The summed E-state index contributed by atoms with van der Waals surface area (Å²) in [6.45, 7) is 1.04. The molecule has 1 aliphatic carbocycles. The molecule has 2 fully saturated rings. The van der Waals surface area contributed by atoms with E-state index in [0.717, 1.165) is 25.3 Å². The molecule has 2 atom stereocenters. The molecule has 2 aliphatic rings. The first-order valence-corrected chi connectivity index (χ1v) is 6.96. The van der Waals surface area contributed by atoms with Crippen LogP contribution in [0, 0.1) is 0 Å². The van der Waals surface area contributed by atoms with Gasteiger partial charge in [-0.3, -0.25) is 0 Å². The fourth-order valence-electron chi connectivity index (χ4n) is 3.58. The van der Waals surface area contributed by atoms with Gasteiger partial charge in [-0.25, -0.2) is 4.98 Å². The van der Waals surface area contributed by atoms with Gasteiger partial charge in [-0.1, -0.05) is 18.0 Å². The van der Waals surface area contributed by atoms with Crippen molar-refractivity contribution in [1.29, 1.82) is 0 Å². The average Bonchev–Trinajstić information content (AvgIpc) is 3.18. The molecular weight excluding hydrogens is 242 g/mol. The van der Waals surface area contributed by atoms with E-state index in [1.807, 2.05) is 0 Å². The molecule has 2 aromatic rings. The van der Waals surface area contributed by atoms with Crippen LogP contribution in [0.1, 0.15) is 38.0 Å². The van der Waals surface area contributed by atoms with Crippen molar-refractivity contribution in [1.82, 2.24) is 25.4 Å². The van der Waals surface area contributed by atoms with Crippen molar-refractivity contribution in [3.05, 3.63) is 18.3 Å². The number of hydrogen-bond acceptors (Lipinski definition) is 5. The summed E-state index contributed by atoms with van der Waals surface area (Å²) in [7, 11) is 0. The van der Waals surface area contributed by atoms with Gasteiger partial charge >= 0.3 is 0 Å². The number of nitrogens with one attached hydrogen (secondary N) is 2. The van der Waals surface area contributed by atoms with E-state index in [-0.39, 0.29) is 5.41 Å². The Bertz CT molecular complexity index is 563. The first kappa shape index (κ1) is 11.2. The van der Waals surface area contributed by atoms with Gasteiger partial charge in [0.2, 0.25) is 11.7 Å². The normalized spacial score (nSPS) is 30.4. The Kier molecular flexibility index (Phi) is 2.44. The minimum atomic E-state index is 0.0517. The third-order valence-corrected chi connectivity index (χ3v) is 4.56. The molecule has 1 aliphatic heterocycles. The largest absolute Gasteiger partial charge is 0.342 e. The minimum absolute atomic E-state index is 0.0517. The number of H-pyrrole nitrogens is 1. The standard InChI is InChI=1S/C13H17N5O/c1-2-4-13(5-6-14-9(13)3-1)12-17-11(18-19-12)10-15-7-8-16-10/h7-9,14H,1-6H2,(H,15,16)/t9-,13+/m0/s1. The highest BCUT2D eigenvalue weighted by Crippen LogP contribution is 2.44. The monoisotopic (exact) mass is 259 g/mol. The van der Waals surface area contributed by atoms with Gasteiger partial charge in [-0.15, -0.1) is 0 Å². The quantitative estimate of drug-likeness (QED) is 0.857. The van der Waals surface area contributed by atoms with Crippen LogP contribution in [-0.2, 0) is 5.41 Å². The van der Waals surface area contributed by atoms with E-state index in [2.05, 4.69) is 25.4 Å². The smallest absolute Gasteiger partial charge is 0.238 e. The summed E-state index contributed by atoms with van der Waals surface area (Å²) in [5, 5.41) is 7.67. The van der Waals surface area contributed by atoms with Crippen molar-refractivity contribution in [2.24, 2.45) is 0 Å². The number of aromatic nitrogens is 4. The second-order valence-electron chi connectivity index (χ2n) is 5.52. The number of imidazole rings is 1. The van der Waals surface area contributed by atoms with E-state index in [1.54, 1.807) is 12.4 Å². The number of nitrogens with zero attached hydrogens (tertiary/aromatic N) is 3. The van der Waals surface area contributed by atoms with Crippen LogP contribution in [0.15, 0.2) is 16.9 Å². The van der Waals surface area contributed by atoms with Crippen molar-refractivity contribution in [3.63, 3.8) is 0 Å². The van der Waals surface area contributed by atoms with Gasteiger partial charge in [-0.2, -0.15) is 4.98 Å². The number of fused-ring (bicyclic) bond motifs is 1. The Morgan fingerprint density at radius 3 is 3.21 bits per heavy atom. The summed E-state index contributed by atoms with van der Waals surface area (Å²) in [6, 6.07) is 0.492. The minimum Gasteiger partial charge on any atom is -0.342 e. The zero-order chi connectivity index (χ0) is 12.7. The van der Waals surface area contributed by atoms with E-state index in [4.69, 9.17) is 4.52 Å². The number of aromatic amines is 1. The second kappa shape index (κ2) is 4.16. The fraction of sp³-hybridized carbons (Fsp3) is 0.615. The summed E-state index contributed by atoms with van der Waals surface area (Å²) >= 11 is 0. The maximum atomic E-state index is 5.57. The van der Waals surface area contributed by atoms with E-state index >= 15 is 0 Å². The van der Waals surface area contributed by atoms with Gasteiger partial charge in [0, 0.05) is 18.4 Å². The van der Waals surface area contributed by atoms with Crippen molar-refractivity contribution >= 4 is 0 Å². The Balaban J connectivity index is 1.72. The van der Waals surface area contributed by atoms with Crippen LogP contribution in [0.25, 0.3) is 11.6 Å². The Labute approximate surface area is 111 Å². The molecule has 6 nitrogen and oxygen atoms in total. The lowest BCUT2D eigenvalue weighted by Gasteiger charge is -2.35. The Morgan fingerprint density at radius 1 is 1.32 bits per heavy atom. The molecule has 0 aromatic carbocycles. The average molecular weight is 259 g/mol. The van der Waals surface area contributed by atoms with Gasteiger partial charge in [0.05, 0.1) is 5.41 Å². The lowest BCUT2D eigenvalue weighted by molar-refractivity contribution is 0.199. The molecule has 0 amide bonds. The molecule has 0 spiro atoms. The topological polar surface area (TPSA) is 79.6 Å². The molecule has 0 radical (unpaired) electrons. The van der Waals surface area contributed by atoms with Gasteiger partial charge in [0.1, 0.15) is 0 Å². The highest BCUT2D eigenvalue weighted by atomic mass is 16.5. The lowest BCUT2D eigenvalue weighted by atomic mass is 9.70. The highest BCUT2D eigenvalue weighted by Gasteiger charge is 2.49. The van der Waals surface area contributed by atoms with E-state index in [1.165, 1.54) is 19.3 Å². The molecule has 0 unspecified atom stereocenters. The maximum absolute atomic E-state index is 5.57. The molecule has 6 heteroatoms. The zero-order valence-electron chi connectivity index (χ0n) is 10.7. The molecule has 4 rings (SSSR count). The second-order valence-corrected chi connectivity index (χ2v) is 5.52. The number of hydrogen-bond donors (Lipinski definition) is 2. The molecule has 2 aromatic heterocycles. The SMILES string of the molecule is c1c[nH]c(-c2noc([C@@]34CCCC[C@@H]3NCC4)n2)n1. The zero-order valence-corrected chi connectivity index (χ0v) is 10.7. The predicted octanol–water partition coefficient (Wildman–Crippen LogP) is 1.63. The van der Waals surface area contributed by atoms with Gasteiger partial charge in [-0.05, 0) is 25.8 Å². The summed E-state index contributed by atoms with van der Waals surface area (Å²) in [5.41, 5.74) is 0.0517. The Hall–Kier alpha value is -1.69. The molecule has 1 saturated heterocycles. The molecule has 3 heterocycles. The van der Waals surface area contributed by atoms with Crippen LogP contribution in [0.4, 0.5) is 0 Å². The summed E-state index contributed by atoms with van der Waals surface area (Å²) in [6.07, 6.45) is 9.45. The third kappa shape index (κ3) is 1.63. The van der Waals surface area contributed by atoms with Crippen molar-refractivity contribution < 1.29 is 4.52 Å². The van der Waals surface area contributed by atoms with Crippen LogP contribution in [0.3, 0.4) is 0 Å². The predicted molar refractivity (Wildman–Crippen MR) is 68.4 cm³/mol. The van der Waals surface area contributed by atoms with E-state index in [0.29, 0.717) is 17.7 Å². The fourth-order valence-corrected chi connectivity index (χ4v) is 3.58. The van der Waals surface area contributed by atoms with Crippen LogP contribution in [0.2, 0.25) is 0 Å². The summed E-state index contributed by atoms with van der Waals surface area (Å²) in [4.78, 5) is 11.8. The van der Waals surface area contributed by atoms with Crippen LogP contribution < -0.4 is 5.32 Å². The summed E-state index contributed by atoms with van der Waals surface area (Å²) < 4.78 is 5.57. The molecule has 0 bridgehead atoms. The molecule has 19 heavy (non-hydrogen) atoms.